The fraction of sp³-hybridized carbons (Fsp3) is 0.438. The van der Waals surface area contributed by atoms with Gasteiger partial charge in [-0.1, -0.05) is 32.0 Å². The van der Waals surface area contributed by atoms with Gasteiger partial charge in [-0.2, -0.15) is 0 Å². The lowest BCUT2D eigenvalue weighted by Crippen LogP contribution is -2.39. The third kappa shape index (κ3) is 5.57. The molecule has 0 aliphatic heterocycles. The van der Waals surface area contributed by atoms with Crippen LogP contribution in [0, 0.1) is 5.92 Å². The molecule has 3 N–H and O–H groups in total. The second-order valence-corrected chi connectivity index (χ2v) is 5.35. The maximum absolute atomic E-state index is 4.61. The lowest BCUT2D eigenvalue weighted by atomic mass is 10.2. The van der Waals surface area contributed by atoms with E-state index >= 15 is 0 Å². The summed E-state index contributed by atoms with van der Waals surface area (Å²) < 4.78 is 0. The highest BCUT2D eigenvalue weighted by atomic mass is 127. The van der Waals surface area contributed by atoms with Crippen molar-refractivity contribution in [3.05, 3.63) is 36.0 Å². The summed E-state index contributed by atoms with van der Waals surface area (Å²) in [5.74, 6) is 1.48. The van der Waals surface area contributed by atoms with E-state index in [0.29, 0.717) is 12.5 Å². The van der Waals surface area contributed by atoms with Gasteiger partial charge in [0.1, 0.15) is 0 Å². The van der Waals surface area contributed by atoms with E-state index in [0.717, 1.165) is 30.3 Å². The summed E-state index contributed by atoms with van der Waals surface area (Å²) >= 11 is 0. The third-order valence-corrected chi connectivity index (χ3v) is 3.02. The highest BCUT2D eigenvalue weighted by Crippen LogP contribution is 2.14. The van der Waals surface area contributed by atoms with Crippen LogP contribution in [0.15, 0.2) is 35.3 Å². The molecule has 116 valence electrons. The van der Waals surface area contributed by atoms with Crippen LogP contribution in [-0.4, -0.2) is 24.0 Å². The van der Waals surface area contributed by atoms with Crippen molar-refractivity contribution >= 4 is 40.8 Å². The highest BCUT2D eigenvalue weighted by molar-refractivity contribution is 14.0. The minimum Gasteiger partial charge on any atom is -0.357 e. The van der Waals surface area contributed by atoms with Crippen molar-refractivity contribution in [2.24, 2.45) is 10.9 Å². The Morgan fingerprint density at radius 1 is 1.24 bits per heavy atom. The molecule has 5 heteroatoms. The predicted molar refractivity (Wildman–Crippen MR) is 101 cm³/mol. The molecule has 0 fully saturated rings. The highest BCUT2D eigenvalue weighted by Gasteiger charge is 2.01. The van der Waals surface area contributed by atoms with Gasteiger partial charge in [-0.25, -0.2) is 4.99 Å². The second kappa shape index (κ2) is 8.92. The van der Waals surface area contributed by atoms with E-state index in [9.17, 15) is 0 Å². The van der Waals surface area contributed by atoms with Crippen LogP contribution in [0.5, 0.6) is 0 Å². The number of hydrogen-bond donors (Lipinski definition) is 3. The Kier molecular flexibility index (Phi) is 7.56. The predicted octanol–water partition coefficient (Wildman–Crippen LogP) is 3.50. The summed E-state index contributed by atoms with van der Waals surface area (Å²) in [5.41, 5.74) is 2.30. The average molecular weight is 400 g/mol. The fourth-order valence-electron chi connectivity index (χ4n) is 2.03. The number of rotatable bonds is 5. The van der Waals surface area contributed by atoms with E-state index in [1.807, 2.05) is 6.07 Å². The number of para-hydroxylation sites is 1. The molecule has 4 nitrogen and oxygen atoms in total. The molecule has 0 aliphatic carbocycles. The molecule has 0 atom stereocenters. The molecule has 2 rings (SSSR count). The molecule has 1 aromatic heterocycles. The van der Waals surface area contributed by atoms with Crippen molar-refractivity contribution < 1.29 is 0 Å². The van der Waals surface area contributed by atoms with E-state index in [2.05, 4.69) is 65.6 Å². The fourth-order valence-corrected chi connectivity index (χ4v) is 2.03. The monoisotopic (exact) mass is 400 g/mol. The number of fused-ring (bicyclic) bond motifs is 1. The van der Waals surface area contributed by atoms with Crippen LogP contribution in [0.1, 0.15) is 26.5 Å². The van der Waals surface area contributed by atoms with E-state index in [4.69, 9.17) is 0 Å². The minimum absolute atomic E-state index is 0. The van der Waals surface area contributed by atoms with Crippen molar-refractivity contribution in [1.29, 1.82) is 0 Å². The smallest absolute Gasteiger partial charge is 0.191 e. The van der Waals surface area contributed by atoms with Crippen molar-refractivity contribution in [3.63, 3.8) is 0 Å². The number of aromatic nitrogens is 1. The first-order valence-electron chi connectivity index (χ1n) is 7.28. The number of benzene rings is 1. The number of guanidine groups is 1. The van der Waals surface area contributed by atoms with Gasteiger partial charge in [0.15, 0.2) is 5.96 Å². The molecule has 0 radical (unpaired) electrons. The molecule has 1 heterocycles. The van der Waals surface area contributed by atoms with Gasteiger partial charge in [-0.05, 0) is 30.4 Å². The van der Waals surface area contributed by atoms with Crippen LogP contribution in [0.25, 0.3) is 10.9 Å². The first-order valence-corrected chi connectivity index (χ1v) is 7.28. The summed E-state index contributed by atoms with van der Waals surface area (Å²) in [6.45, 7) is 8.91. The number of aromatic amines is 1. The Morgan fingerprint density at radius 3 is 2.67 bits per heavy atom. The van der Waals surface area contributed by atoms with Crippen LogP contribution in [0.4, 0.5) is 0 Å². The Bertz CT molecular complexity index is 541. The van der Waals surface area contributed by atoms with Gasteiger partial charge in [0.25, 0.3) is 0 Å². The molecule has 1 aromatic carbocycles. The van der Waals surface area contributed by atoms with Gasteiger partial charge in [-0.15, -0.1) is 24.0 Å². The van der Waals surface area contributed by atoms with E-state index in [-0.39, 0.29) is 24.0 Å². The van der Waals surface area contributed by atoms with E-state index < -0.39 is 0 Å². The van der Waals surface area contributed by atoms with Crippen molar-refractivity contribution in [3.8, 4) is 0 Å². The van der Waals surface area contributed by atoms with E-state index in [1.54, 1.807) is 0 Å². The van der Waals surface area contributed by atoms with Crippen molar-refractivity contribution in [2.45, 2.75) is 27.3 Å². The van der Waals surface area contributed by atoms with Gasteiger partial charge >= 0.3 is 0 Å². The quantitative estimate of drug-likeness (QED) is 0.409. The SMILES string of the molecule is CCNC(=NCc1cc2ccccc2[nH]1)NCC(C)C.I. The van der Waals surface area contributed by atoms with Gasteiger partial charge in [0.05, 0.1) is 6.54 Å². The Balaban J connectivity index is 0.00000220. The molecule has 21 heavy (non-hydrogen) atoms. The topological polar surface area (TPSA) is 52.2 Å². The maximum Gasteiger partial charge on any atom is 0.191 e. The molecule has 0 unspecified atom stereocenters. The third-order valence-electron chi connectivity index (χ3n) is 3.02. The first-order chi connectivity index (χ1) is 9.69. The van der Waals surface area contributed by atoms with Crippen LogP contribution < -0.4 is 10.6 Å². The van der Waals surface area contributed by atoms with Crippen LogP contribution in [0.3, 0.4) is 0 Å². The summed E-state index contributed by atoms with van der Waals surface area (Å²) in [5, 5.41) is 7.85. The maximum atomic E-state index is 4.61. The molecule has 0 saturated heterocycles. The Labute approximate surface area is 143 Å². The van der Waals surface area contributed by atoms with Gasteiger partial charge < -0.3 is 15.6 Å². The Hall–Kier alpha value is -1.24. The summed E-state index contributed by atoms with van der Waals surface area (Å²) in [7, 11) is 0. The number of H-pyrrole nitrogens is 1. The summed E-state index contributed by atoms with van der Waals surface area (Å²) in [6, 6.07) is 10.5. The van der Waals surface area contributed by atoms with Crippen molar-refractivity contribution in [1.82, 2.24) is 15.6 Å². The van der Waals surface area contributed by atoms with Crippen LogP contribution >= 0.6 is 24.0 Å². The standard InChI is InChI=1S/C16H24N4.HI/c1-4-17-16(18-10-12(2)3)19-11-14-9-13-7-5-6-8-15(13)20-14;/h5-9,12,20H,4,10-11H2,1-3H3,(H2,17,18,19);1H. The zero-order valence-corrected chi connectivity index (χ0v) is 15.3. The molecular formula is C16H25IN4. The van der Waals surface area contributed by atoms with Gasteiger partial charge in [-0.3, -0.25) is 0 Å². The molecule has 0 amide bonds. The number of aliphatic imine (C=N–C) groups is 1. The average Bonchev–Trinajstić information content (AvgIpc) is 2.84. The lowest BCUT2D eigenvalue weighted by molar-refractivity contribution is 0.614. The van der Waals surface area contributed by atoms with E-state index in [1.165, 1.54) is 5.39 Å². The van der Waals surface area contributed by atoms with Crippen LogP contribution in [-0.2, 0) is 6.54 Å². The van der Waals surface area contributed by atoms with Crippen LogP contribution in [0.2, 0.25) is 0 Å². The molecule has 0 aliphatic rings. The van der Waals surface area contributed by atoms with Gasteiger partial charge in [0, 0.05) is 24.3 Å². The molecule has 2 aromatic rings. The molecule has 0 bridgehead atoms. The Morgan fingerprint density at radius 2 is 2.00 bits per heavy atom. The first kappa shape index (κ1) is 17.8. The zero-order valence-electron chi connectivity index (χ0n) is 12.9. The number of hydrogen-bond acceptors (Lipinski definition) is 1. The number of halogens is 1. The number of nitrogens with zero attached hydrogens (tertiary/aromatic N) is 1. The molecule has 0 saturated carbocycles. The normalized spacial score (nSPS) is 11.5. The second-order valence-electron chi connectivity index (χ2n) is 5.35. The number of nitrogens with one attached hydrogen (secondary N) is 3. The largest absolute Gasteiger partial charge is 0.357 e. The van der Waals surface area contributed by atoms with Crippen molar-refractivity contribution in [2.75, 3.05) is 13.1 Å². The minimum atomic E-state index is 0. The van der Waals surface area contributed by atoms with Gasteiger partial charge in [0.2, 0.25) is 0 Å². The summed E-state index contributed by atoms with van der Waals surface area (Å²) in [6.07, 6.45) is 0. The molecular weight excluding hydrogens is 375 g/mol. The molecule has 0 spiro atoms. The summed E-state index contributed by atoms with van der Waals surface area (Å²) in [4.78, 5) is 8.01. The lowest BCUT2D eigenvalue weighted by Gasteiger charge is -2.12. The zero-order chi connectivity index (χ0) is 14.4.